The van der Waals surface area contributed by atoms with E-state index in [4.69, 9.17) is 0 Å². The largest absolute Gasteiger partial charge is 0.269 e. The molecule has 0 aromatic heterocycles. The van der Waals surface area contributed by atoms with Gasteiger partial charge in [0.25, 0.3) is 10.0 Å². The standard InChI is InChI=1S/C15H16BrNO2S/c1-11-6-4-5-7-15(11)17(3)20(18,19)13-8-9-14(16)12(2)10-13/h4-10H,1-3H3. The number of rotatable bonds is 3. The molecule has 2 aromatic carbocycles. The first-order valence-corrected chi connectivity index (χ1v) is 8.38. The molecule has 106 valence electrons. The summed E-state index contributed by atoms with van der Waals surface area (Å²) in [5, 5.41) is 0. The fourth-order valence-electron chi connectivity index (χ4n) is 1.98. The van der Waals surface area contributed by atoms with Crippen LogP contribution >= 0.6 is 15.9 Å². The van der Waals surface area contributed by atoms with Gasteiger partial charge in [-0.05, 0) is 49.2 Å². The second-order valence-corrected chi connectivity index (χ2v) is 7.49. The van der Waals surface area contributed by atoms with Crippen molar-refractivity contribution in [1.82, 2.24) is 0 Å². The van der Waals surface area contributed by atoms with Gasteiger partial charge in [-0.25, -0.2) is 8.42 Å². The van der Waals surface area contributed by atoms with Gasteiger partial charge in [0.2, 0.25) is 0 Å². The summed E-state index contributed by atoms with van der Waals surface area (Å²) in [5.41, 5.74) is 2.50. The number of halogens is 1. The van der Waals surface area contributed by atoms with E-state index in [0.29, 0.717) is 10.6 Å². The highest BCUT2D eigenvalue weighted by Gasteiger charge is 2.22. The van der Waals surface area contributed by atoms with E-state index in [9.17, 15) is 8.42 Å². The average Bonchev–Trinajstić information content (AvgIpc) is 2.41. The minimum atomic E-state index is -3.54. The Morgan fingerprint density at radius 2 is 1.65 bits per heavy atom. The Kier molecular flexibility index (Phi) is 4.20. The summed E-state index contributed by atoms with van der Waals surface area (Å²) >= 11 is 3.38. The van der Waals surface area contributed by atoms with Crippen LogP contribution in [0.15, 0.2) is 51.8 Å². The molecule has 0 fully saturated rings. The van der Waals surface area contributed by atoms with Gasteiger partial charge in [0, 0.05) is 11.5 Å². The van der Waals surface area contributed by atoms with Crippen LogP contribution in [0.4, 0.5) is 5.69 Å². The lowest BCUT2D eigenvalue weighted by atomic mass is 10.2. The van der Waals surface area contributed by atoms with Gasteiger partial charge < -0.3 is 0 Å². The second-order valence-electron chi connectivity index (χ2n) is 4.67. The number of aryl methyl sites for hydroxylation is 2. The Morgan fingerprint density at radius 3 is 2.25 bits per heavy atom. The molecule has 0 spiro atoms. The third-order valence-corrected chi connectivity index (χ3v) is 5.90. The van der Waals surface area contributed by atoms with Crippen molar-refractivity contribution < 1.29 is 8.42 Å². The van der Waals surface area contributed by atoms with Gasteiger partial charge in [-0.15, -0.1) is 0 Å². The van der Waals surface area contributed by atoms with Gasteiger partial charge in [0.05, 0.1) is 10.6 Å². The van der Waals surface area contributed by atoms with Crippen LogP contribution in [-0.4, -0.2) is 15.5 Å². The smallest absolute Gasteiger partial charge is 0.264 e. The molecule has 0 atom stereocenters. The lowest BCUT2D eigenvalue weighted by Gasteiger charge is -2.21. The summed E-state index contributed by atoms with van der Waals surface area (Å²) in [6.45, 7) is 3.77. The molecule has 0 amide bonds. The van der Waals surface area contributed by atoms with E-state index in [-0.39, 0.29) is 0 Å². The van der Waals surface area contributed by atoms with Crippen molar-refractivity contribution in [3.63, 3.8) is 0 Å². The van der Waals surface area contributed by atoms with E-state index in [1.54, 1.807) is 31.3 Å². The van der Waals surface area contributed by atoms with E-state index in [1.165, 1.54) is 4.31 Å². The number of anilines is 1. The zero-order valence-corrected chi connectivity index (χ0v) is 14.0. The average molecular weight is 354 g/mol. The molecule has 0 N–H and O–H groups in total. The molecular formula is C15H16BrNO2S. The molecule has 0 saturated heterocycles. The Balaban J connectivity index is 2.50. The van der Waals surface area contributed by atoms with E-state index < -0.39 is 10.0 Å². The fraction of sp³-hybridized carbons (Fsp3) is 0.200. The monoisotopic (exact) mass is 353 g/mol. The predicted octanol–water partition coefficient (Wildman–Crippen LogP) is 3.89. The van der Waals surface area contributed by atoms with Crippen molar-refractivity contribution in [3.8, 4) is 0 Å². The lowest BCUT2D eigenvalue weighted by molar-refractivity contribution is 0.594. The lowest BCUT2D eigenvalue weighted by Crippen LogP contribution is -2.27. The highest BCUT2D eigenvalue weighted by Crippen LogP contribution is 2.27. The van der Waals surface area contributed by atoms with E-state index >= 15 is 0 Å². The molecule has 0 aliphatic heterocycles. The van der Waals surface area contributed by atoms with Crippen LogP contribution in [0.3, 0.4) is 0 Å². The maximum Gasteiger partial charge on any atom is 0.264 e. The number of sulfonamides is 1. The van der Waals surface area contributed by atoms with Crippen LogP contribution in [0, 0.1) is 13.8 Å². The summed E-state index contributed by atoms with van der Waals surface area (Å²) < 4.78 is 27.5. The molecule has 2 rings (SSSR count). The predicted molar refractivity (Wildman–Crippen MR) is 85.6 cm³/mol. The van der Waals surface area contributed by atoms with Crippen LogP contribution < -0.4 is 4.31 Å². The van der Waals surface area contributed by atoms with Crippen molar-refractivity contribution in [1.29, 1.82) is 0 Å². The Labute approximate surface area is 128 Å². The number of hydrogen-bond acceptors (Lipinski definition) is 2. The van der Waals surface area contributed by atoms with Crippen molar-refractivity contribution >= 4 is 31.6 Å². The van der Waals surface area contributed by atoms with E-state index in [1.807, 2.05) is 32.0 Å². The van der Waals surface area contributed by atoms with Gasteiger partial charge >= 0.3 is 0 Å². The Morgan fingerprint density at radius 1 is 1.00 bits per heavy atom. The number of para-hydroxylation sites is 1. The summed E-state index contributed by atoms with van der Waals surface area (Å²) in [7, 11) is -1.96. The quantitative estimate of drug-likeness (QED) is 0.839. The maximum atomic E-state index is 12.7. The molecule has 0 aliphatic rings. The molecule has 2 aromatic rings. The van der Waals surface area contributed by atoms with Gasteiger partial charge in [-0.2, -0.15) is 0 Å². The van der Waals surface area contributed by atoms with Crippen molar-refractivity contribution in [2.75, 3.05) is 11.4 Å². The first-order valence-electron chi connectivity index (χ1n) is 6.15. The zero-order chi connectivity index (χ0) is 14.9. The molecular weight excluding hydrogens is 338 g/mol. The van der Waals surface area contributed by atoms with Crippen molar-refractivity contribution in [2.24, 2.45) is 0 Å². The number of nitrogens with zero attached hydrogens (tertiary/aromatic N) is 1. The van der Waals surface area contributed by atoms with Crippen molar-refractivity contribution in [2.45, 2.75) is 18.7 Å². The minimum Gasteiger partial charge on any atom is -0.269 e. The van der Waals surface area contributed by atoms with Gasteiger partial charge in [0.15, 0.2) is 0 Å². The molecule has 5 heteroatoms. The number of hydrogen-bond donors (Lipinski definition) is 0. The summed E-state index contributed by atoms with van der Waals surface area (Å²) in [4.78, 5) is 0.295. The molecule has 0 aliphatic carbocycles. The molecule has 0 bridgehead atoms. The van der Waals surface area contributed by atoms with Crippen LogP contribution in [0.5, 0.6) is 0 Å². The fourth-order valence-corrected chi connectivity index (χ4v) is 3.57. The Hall–Kier alpha value is -1.33. The molecule has 3 nitrogen and oxygen atoms in total. The summed E-state index contributed by atoms with van der Waals surface area (Å²) in [6, 6.07) is 12.5. The minimum absolute atomic E-state index is 0.295. The highest BCUT2D eigenvalue weighted by atomic mass is 79.9. The highest BCUT2D eigenvalue weighted by molar-refractivity contribution is 9.10. The topological polar surface area (TPSA) is 37.4 Å². The van der Waals surface area contributed by atoms with E-state index in [2.05, 4.69) is 15.9 Å². The second kappa shape index (κ2) is 5.58. The van der Waals surface area contributed by atoms with Crippen molar-refractivity contribution in [3.05, 3.63) is 58.1 Å². The molecule has 20 heavy (non-hydrogen) atoms. The van der Waals surface area contributed by atoms with Crippen LogP contribution in [0.1, 0.15) is 11.1 Å². The first-order chi connectivity index (χ1) is 9.34. The summed E-state index contributed by atoms with van der Waals surface area (Å²) in [6.07, 6.45) is 0. The maximum absolute atomic E-state index is 12.7. The number of benzene rings is 2. The zero-order valence-electron chi connectivity index (χ0n) is 11.6. The third kappa shape index (κ3) is 2.74. The molecule has 0 unspecified atom stereocenters. The summed E-state index contributed by atoms with van der Waals surface area (Å²) in [5.74, 6) is 0. The first kappa shape index (κ1) is 15.1. The third-order valence-electron chi connectivity index (χ3n) is 3.24. The normalized spacial score (nSPS) is 11.4. The van der Waals surface area contributed by atoms with Gasteiger partial charge in [-0.3, -0.25) is 4.31 Å². The van der Waals surface area contributed by atoms with Crippen LogP contribution in [0.2, 0.25) is 0 Å². The van der Waals surface area contributed by atoms with Crippen LogP contribution in [0.25, 0.3) is 0 Å². The SMILES string of the molecule is Cc1cc(S(=O)(=O)N(C)c2ccccc2C)ccc1Br. The molecule has 0 heterocycles. The van der Waals surface area contributed by atoms with E-state index in [0.717, 1.165) is 15.6 Å². The van der Waals surface area contributed by atoms with Gasteiger partial charge in [0.1, 0.15) is 0 Å². The molecule has 0 radical (unpaired) electrons. The molecule has 0 saturated carbocycles. The van der Waals surface area contributed by atoms with Crippen LogP contribution in [-0.2, 0) is 10.0 Å². The van der Waals surface area contributed by atoms with Gasteiger partial charge in [-0.1, -0.05) is 34.1 Å². The Bertz CT molecular complexity index is 741.